The number of nitrogens with one attached hydrogen (secondary N) is 1. The van der Waals surface area contributed by atoms with Crippen LogP contribution in [0.5, 0.6) is 0 Å². The third-order valence-electron chi connectivity index (χ3n) is 5.32. The summed E-state index contributed by atoms with van der Waals surface area (Å²) in [7, 11) is 0. The Hall–Kier alpha value is -1.12. The Bertz CT molecular complexity index is 455. The molecule has 3 fully saturated rings. The van der Waals surface area contributed by atoms with E-state index in [0.29, 0.717) is 5.92 Å². The van der Waals surface area contributed by atoms with Gasteiger partial charge in [-0.25, -0.2) is 9.97 Å². The van der Waals surface area contributed by atoms with Crippen LogP contribution in [0.3, 0.4) is 0 Å². The van der Waals surface area contributed by atoms with E-state index in [9.17, 15) is 0 Å². The highest BCUT2D eigenvalue weighted by Crippen LogP contribution is 2.49. The molecule has 1 aromatic heterocycles. The van der Waals surface area contributed by atoms with Gasteiger partial charge in [-0.1, -0.05) is 6.42 Å². The van der Waals surface area contributed by atoms with Crippen molar-refractivity contribution in [3.8, 4) is 0 Å². The second kappa shape index (κ2) is 4.77. The zero-order valence-electron chi connectivity index (χ0n) is 11.5. The molecule has 0 aliphatic heterocycles. The molecule has 0 saturated heterocycles. The van der Waals surface area contributed by atoms with Gasteiger partial charge in [-0.2, -0.15) is 0 Å². The minimum absolute atomic E-state index is 0.646. The smallest absolute Gasteiger partial charge is 0.133 e. The number of nitrogens with zero attached hydrogens (tertiary/aromatic N) is 2. The first kappa shape index (κ1) is 11.7. The van der Waals surface area contributed by atoms with Gasteiger partial charge in [0.2, 0.25) is 0 Å². The maximum atomic E-state index is 4.62. The Labute approximate surface area is 115 Å². The maximum absolute atomic E-state index is 4.62. The maximum Gasteiger partial charge on any atom is 0.133 e. The van der Waals surface area contributed by atoms with Gasteiger partial charge in [-0.15, -0.1) is 0 Å². The molecule has 3 saturated carbocycles. The summed E-state index contributed by atoms with van der Waals surface area (Å²) in [5.74, 6) is 5.81. The molecule has 1 heterocycles. The number of rotatable bonds is 5. The Morgan fingerprint density at radius 3 is 2.84 bits per heavy atom. The third-order valence-corrected chi connectivity index (χ3v) is 5.32. The van der Waals surface area contributed by atoms with Gasteiger partial charge in [0.25, 0.3) is 0 Å². The molecule has 3 nitrogen and oxygen atoms in total. The van der Waals surface area contributed by atoms with Crippen molar-refractivity contribution in [3.05, 3.63) is 18.1 Å². The molecule has 3 aliphatic rings. The van der Waals surface area contributed by atoms with Crippen LogP contribution in [-0.4, -0.2) is 16.5 Å². The molecule has 102 valence electrons. The van der Waals surface area contributed by atoms with Crippen molar-refractivity contribution in [2.24, 2.45) is 17.8 Å². The van der Waals surface area contributed by atoms with Crippen LogP contribution in [0.1, 0.15) is 56.7 Å². The van der Waals surface area contributed by atoms with E-state index < -0.39 is 0 Å². The van der Waals surface area contributed by atoms with Crippen molar-refractivity contribution in [2.45, 2.75) is 50.9 Å². The Kier molecular flexibility index (Phi) is 2.93. The molecule has 1 N–H and O–H groups in total. The summed E-state index contributed by atoms with van der Waals surface area (Å²) in [6.07, 6.45) is 11.8. The molecule has 3 aliphatic carbocycles. The predicted octanol–water partition coefficient (Wildman–Crippen LogP) is 3.59. The summed E-state index contributed by atoms with van der Waals surface area (Å²) in [5, 5.41) is 3.50. The van der Waals surface area contributed by atoms with Crippen molar-refractivity contribution in [1.82, 2.24) is 9.97 Å². The van der Waals surface area contributed by atoms with Gasteiger partial charge in [0, 0.05) is 18.7 Å². The second-order valence-corrected chi connectivity index (χ2v) is 6.72. The molecule has 3 atom stereocenters. The van der Waals surface area contributed by atoms with Crippen molar-refractivity contribution < 1.29 is 0 Å². The van der Waals surface area contributed by atoms with Crippen LogP contribution in [0.2, 0.25) is 0 Å². The number of hydrogen-bond donors (Lipinski definition) is 1. The average Bonchev–Trinajstić information content (AvgIpc) is 3.09. The van der Waals surface area contributed by atoms with Crippen LogP contribution in [0.25, 0.3) is 0 Å². The second-order valence-electron chi connectivity index (χ2n) is 6.72. The van der Waals surface area contributed by atoms with Gasteiger partial charge in [0.1, 0.15) is 11.6 Å². The van der Waals surface area contributed by atoms with E-state index in [1.165, 1.54) is 44.9 Å². The molecular formula is C16H23N3. The minimum atomic E-state index is 0.646. The molecule has 3 heteroatoms. The first-order valence-electron chi connectivity index (χ1n) is 7.95. The van der Waals surface area contributed by atoms with Gasteiger partial charge >= 0.3 is 0 Å². The predicted molar refractivity (Wildman–Crippen MR) is 76.1 cm³/mol. The Morgan fingerprint density at radius 1 is 1.16 bits per heavy atom. The first-order valence-corrected chi connectivity index (χ1v) is 7.95. The zero-order chi connectivity index (χ0) is 12.7. The van der Waals surface area contributed by atoms with Crippen LogP contribution in [0.4, 0.5) is 5.82 Å². The van der Waals surface area contributed by atoms with E-state index in [1.807, 2.05) is 12.3 Å². The summed E-state index contributed by atoms with van der Waals surface area (Å²) in [5.41, 5.74) is 0. The summed E-state index contributed by atoms with van der Waals surface area (Å²) in [6.45, 7) is 1.08. The quantitative estimate of drug-likeness (QED) is 0.876. The topological polar surface area (TPSA) is 37.8 Å². The molecule has 0 aromatic carbocycles. The Morgan fingerprint density at radius 2 is 2.11 bits per heavy atom. The van der Waals surface area contributed by atoms with E-state index in [1.54, 1.807) is 0 Å². The van der Waals surface area contributed by atoms with Crippen LogP contribution >= 0.6 is 0 Å². The summed E-state index contributed by atoms with van der Waals surface area (Å²) in [4.78, 5) is 8.99. The monoisotopic (exact) mass is 257 g/mol. The third kappa shape index (κ3) is 2.47. The van der Waals surface area contributed by atoms with Crippen LogP contribution in [0, 0.1) is 17.8 Å². The van der Waals surface area contributed by atoms with E-state index in [0.717, 1.165) is 35.9 Å². The van der Waals surface area contributed by atoms with E-state index in [2.05, 4.69) is 15.3 Å². The molecular weight excluding hydrogens is 234 g/mol. The number of hydrogen-bond acceptors (Lipinski definition) is 3. The van der Waals surface area contributed by atoms with Crippen molar-refractivity contribution in [2.75, 3.05) is 11.9 Å². The number of aromatic nitrogens is 2. The van der Waals surface area contributed by atoms with Gasteiger partial charge in [-0.3, -0.25) is 0 Å². The van der Waals surface area contributed by atoms with E-state index >= 15 is 0 Å². The first-order chi connectivity index (χ1) is 9.38. The molecule has 1 aromatic rings. The van der Waals surface area contributed by atoms with Gasteiger partial charge in [0.15, 0.2) is 0 Å². The average molecular weight is 257 g/mol. The zero-order valence-corrected chi connectivity index (χ0v) is 11.5. The van der Waals surface area contributed by atoms with Gasteiger partial charge in [-0.05, 0) is 62.3 Å². The molecule has 0 unspecified atom stereocenters. The summed E-state index contributed by atoms with van der Waals surface area (Å²) < 4.78 is 0. The highest BCUT2D eigenvalue weighted by atomic mass is 15.0. The standard InChI is InChI=1S/C16H23N3/c1-2-13-9-11(1)10-14(13)5-7-17-15-6-8-18-16(19-15)12-3-4-12/h6,8,11-14H,1-5,7,9-10H2,(H,17,18,19)/t11-,13-,14-/m0/s1. The lowest BCUT2D eigenvalue weighted by molar-refractivity contribution is 0.321. The molecule has 4 rings (SSSR count). The van der Waals surface area contributed by atoms with E-state index in [4.69, 9.17) is 0 Å². The minimum Gasteiger partial charge on any atom is -0.370 e. The van der Waals surface area contributed by atoms with Crippen LogP contribution in [-0.2, 0) is 0 Å². The lowest BCUT2D eigenvalue weighted by atomic mass is 9.86. The fourth-order valence-corrected chi connectivity index (χ4v) is 4.13. The van der Waals surface area contributed by atoms with Crippen LogP contribution < -0.4 is 5.32 Å². The highest BCUT2D eigenvalue weighted by Gasteiger charge is 2.38. The lowest BCUT2D eigenvalue weighted by Crippen LogP contribution is -2.15. The fraction of sp³-hybridized carbons (Fsp3) is 0.750. The molecule has 0 spiro atoms. The van der Waals surface area contributed by atoms with Crippen LogP contribution in [0.15, 0.2) is 12.3 Å². The number of fused-ring (bicyclic) bond motifs is 2. The highest BCUT2D eigenvalue weighted by molar-refractivity contribution is 5.33. The SMILES string of the molecule is c1cc(NCC[C@H]2C[C@H]3CC[C@H]2C3)nc(C2CC2)n1. The molecule has 19 heavy (non-hydrogen) atoms. The molecule has 0 amide bonds. The van der Waals surface area contributed by atoms with Crippen molar-refractivity contribution in [3.63, 3.8) is 0 Å². The van der Waals surface area contributed by atoms with E-state index in [-0.39, 0.29) is 0 Å². The normalized spacial score (nSPS) is 32.7. The van der Waals surface area contributed by atoms with Gasteiger partial charge in [0.05, 0.1) is 0 Å². The van der Waals surface area contributed by atoms with Crippen molar-refractivity contribution in [1.29, 1.82) is 0 Å². The van der Waals surface area contributed by atoms with Crippen molar-refractivity contribution >= 4 is 5.82 Å². The fourth-order valence-electron chi connectivity index (χ4n) is 4.13. The Balaban J connectivity index is 1.29. The molecule has 2 bridgehead atoms. The molecule has 0 radical (unpaired) electrons. The summed E-state index contributed by atoms with van der Waals surface area (Å²) in [6, 6.07) is 2.01. The van der Waals surface area contributed by atoms with Gasteiger partial charge < -0.3 is 5.32 Å². The number of anilines is 1. The summed E-state index contributed by atoms with van der Waals surface area (Å²) >= 11 is 0. The largest absolute Gasteiger partial charge is 0.370 e. The lowest BCUT2D eigenvalue weighted by Gasteiger charge is -2.21.